The van der Waals surface area contributed by atoms with Crippen molar-refractivity contribution in [2.24, 2.45) is 0 Å². The number of esters is 2. The van der Waals surface area contributed by atoms with Gasteiger partial charge in [-0.25, -0.2) is 0 Å². The van der Waals surface area contributed by atoms with Crippen LogP contribution in [0.25, 0.3) is 21.5 Å². The summed E-state index contributed by atoms with van der Waals surface area (Å²) < 4.78 is 9.89. The highest BCUT2D eigenvalue weighted by Gasteiger charge is 2.13. The van der Waals surface area contributed by atoms with Gasteiger partial charge in [0.05, 0.1) is 37.7 Å². The molecule has 6 nitrogen and oxygen atoms in total. The van der Waals surface area contributed by atoms with Crippen molar-refractivity contribution in [2.45, 2.75) is 26.7 Å². The van der Waals surface area contributed by atoms with Crippen molar-refractivity contribution in [2.75, 3.05) is 13.2 Å². The minimum absolute atomic E-state index is 0.129. The molecule has 0 saturated carbocycles. The van der Waals surface area contributed by atoms with E-state index >= 15 is 0 Å². The number of hydrogen-bond acceptors (Lipinski definition) is 6. The van der Waals surface area contributed by atoms with Crippen LogP contribution in [0.3, 0.4) is 0 Å². The van der Waals surface area contributed by atoms with Gasteiger partial charge in [-0.3, -0.25) is 14.4 Å². The number of fused-ring (bicyclic) bond motifs is 2. The summed E-state index contributed by atoms with van der Waals surface area (Å²) in [7, 11) is 0. The molecule has 0 bridgehead atoms. The molecule has 0 amide bonds. The fourth-order valence-electron chi connectivity index (χ4n) is 3.97. The van der Waals surface area contributed by atoms with E-state index in [9.17, 15) is 14.4 Å². The molecule has 4 aromatic rings. The molecule has 0 saturated heterocycles. The Morgan fingerprint density at radius 1 is 0.789 bits per heavy atom. The maximum Gasteiger partial charge on any atom is 0.310 e. The Labute approximate surface area is 230 Å². The van der Waals surface area contributed by atoms with E-state index in [1.807, 2.05) is 18.2 Å². The van der Waals surface area contributed by atoms with Gasteiger partial charge in [-0.2, -0.15) is 5.26 Å². The topological polar surface area (TPSA) is 93.5 Å². The SMILES string of the molecule is CCOC(=O)Cc1c(Cl)ccc2cc(C#N)ccc12.CCOC(=O)Cc1c(Cl)ccc2cc(C=O)ccc12. The third kappa shape index (κ3) is 7.10. The van der Waals surface area contributed by atoms with Crippen LogP contribution in [-0.2, 0) is 31.9 Å². The van der Waals surface area contributed by atoms with Gasteiger partial charge in [0, 0.05) is 15.6 Å². The van der Waals surface area contributed by atoms with Gasteiger partial charge >= 0.3 is 11.9 Å². The van der Waals surface area contributed by atoms with Crippen LogP contribution in [-0.4, -0.2) is 31.4 Å². The number of carbonyl (C=O) groups excluding carboxylic acids is 3. The Morgan fingerprint density at radius 3 is 1.76 bits per heavy atom. The van der Waals surface area contributed by atoms with Gasteiger partial charge in [-0.05, 0) is 76.9 Å². The molecule has 4 aromatic carbocycles. The fourth-order valence-corrected chi connectivity index (χ4v) is 4.43. The van der Waals surface area contributed by atoms with Crippen molar-refractivity contribution in [3.05, 3.63) is 93.0 Å². The molecule has 8 heteroatoms. The molecule has 0 aromatic heterocycles. The smallest absolute Gasteiger partial charge is 0.310 e. The van der Waals surface area contributed by atoms with Crippen molar-refractivity contribution >= 4 is 63.0 Å². The lowest BCUT2D eigenvalue weighted by atomic mass is 10.0. The number of benzene rings is 4. The van der Waals surface area contributed by atoms with Crippen molar-refractivity contribution < 1.29 is 23.9 Å². The molecule has 0 N–H and O–H groups in total. The summed E-state index contributed by atoms with van der Waals surface area (Å²) >= 11 is 12.3. The second kappa shape index (κ2) is 13.6. The lowest BCUT2D eigenvalue weighted by Crippen LogP contribution is -2.08. The molecule has 0 aliphatic carbocycles. The van der Waals surface area contributed by atoms with E-state index in [0.29, 0.717) is 34.4 Å². The predicted octanol–water partition coefficient (Wildman–Crippen LogP) is 6.88. The zero-order valence-corrected chi connectivity index (χ0v) is 22.4. The predicted molar refractivity (Wildman–Crippen MR) is 149 cm³/mol. The van der Waals surface area contributed by atoms with Crippen LogP contribution in [0.5, 0.6) is 0 Å². The number of nitrogens with zero attached hydrogens (tertiary/aromatic N) is 1. The maximum atomic E-state index is 11.6. The monoisotopic (exact) mass is 549 g/mol. The minimum atomic E-state index is -0.309. The molecule has 0 spiro atoms. The Kier molecular flexibility index (Phi) is 10.2. The summed E-state index contributed by atoms with van der Waals surface area (Å²) in [5.74, 6) is -0.613. The summed E-state index contributed by atoms with van der Waals surface area (Å²) in [5.41, 5.74) is 2.64. The van der Waals surface area contributed by atoms with Crippen molar-refractivity contribution in [3.63, 3.8) is 0 Å². The number of ether oxygens (including phenoxy) is 2. The molecular formula is C30H25Cl2NO5. The van der Waals surface area contributed by atoms with E-state index in [-0.39, 0.29) is 24.8 Å². The second-order valence-electron chi connectivity index (χ2n) is 8.16. The number of halogens is 2. The van der Waals surface area contributed by atoms with Crippen LogP contribution in [0.2, 0.25) is 10.0 Å². The standard InChI is InChI=1S/C15H12ClNO2.C15H13ClO3/c2*1-2-19-15(18)8-13-12-5-3-10(9-17)7-11(12)4-6-14(13)16/h3-7H,2,8H2,1H3;3-7,9H,2,8H2,1H3. The highest BCUT2D eigenvalue weighted by molar-refractivity contribution is 6.33. The molecular weight excluding hydrogens is 525 g/mol. The molecule has 0 radical (unpaired) electrons. The second-order valence-corrected chi connectivity index (χ2v) is 8.98. The number of carbonyl (C=O) groups is 3. The lowest BCUT2D eigenvalue weighted by molar-refractivity contribution is -0.143. The van der Waals surface area contributed by atoms with Crippen LogP contribution < -0.4 is 0 Å². The minimum Gasteiger partial charge on any atom is -0.466 e. The third-order valence-corrected chi connectivity index (χ3v) is 6.40. The first-order chi connectivity index (χ1) is 18.3. The summed E-state index contributed by atoms with van der Waals surface area (Å²) in [6.07, 6.45) is 1.05. The van der Waals surface area contributed by atoms with Crippen LogP contribution in [0.4, 0.5) is 0 Å². The largest absolute Gasteiger partial charge is 0.466 e. The zero-order valence-electron chi connectivity index (χ0n) is 20.9. The Bertz CT molecular complexity index is 1540. The van der Waals surface area contributed by atoms with Gasteiger partial charge < -0.3 is 9.47 Å². The van der Waals surface area contributed by atoms with Crippen molar-refractivity contribution in [1.29, 1.82) is 5.26 Å². The molecule has 194 valence electrons. The fraction of sp³-hybridized carbons (Fsp3) is 0.200. The first-order valence-electron chi connectivity index (χ1n) is 11.9. The molecule has 0 heterocycles. The molecule has 38 heavy (non-hydrogen) atoms. The van der Waals surface area contributed by atoms with Crippen LogP contribution in [0.1, 0.15) is 40.9 Å². The lowest BCUT2D eigenvalue weighted by Gasteiger charge is -2.09. The number of rotatable bonds is 7. The van der Waals surface area contributed by atoms with Gasteiger partial charge in [-0.1, -0.05) is 53.5 Å². The number of aldehydes is 1. The third-order valence-electron chi connectivity index (χ3n) is 5.69. The Hall–Kier alpha value is -3.92. The zero-order chi connectivity index (χ0) is 27.7. The summed E-state index contributed by atoms with van der Waals surface area (Å²) in [6.45, 7) is 4.22. The van der Waals surface area contributed by atoms with Gasteiger partial charge in [0.1, 0.15) is 6.29 Å². The van der Waals surface area contributed by atoms with Gasteiger partial charge in [-0.15, -0.1) is 0 Å². The van der Waals surface area contributed by atoms with E-state index in [4.69, 9.17) is 37.9 Å². The Balaban J connectivity index is 0.000000211. The highest BCUT2D eigenvalue weighted by atomic mass is 35.5. The number of hydrogen-bond donors (Lipinski definition) is 0. The highest BCUT2D eigenvalue weighted by Crippen LogP contribution is 2.29. The van der Waals surface area contributed by atoms with E-state index in [0.717, 1.165) is 39.0 Å². The quantitative estimate of drug-likeness (QED) is 0.184. The van der Waals surface area contributed by atoms with E-state index in [1.54, 1.807) is 56.3 Å². The van der Waals surface area contributed by atoms with Crippen molar-refractivity contribution in [3.8, 4) is 6.07 Å². The average Bonchev–Trinajstić information content (AvgIpc) is 2.92. The first kappa shape index (κ1) is 28.6. The summed E-state index contributed by atoms with van der Waals surface area (Å²) in [5, 5.41) is 13.5. The van der Waals surface area contributed by atoms with Crippen LogP contribution in [0, 0.1) is 11.3 Å². The molecule has 0 atom stereocenters. The molecule has 4 rings (SSSR count). The first-order valence-corrected chi connectivity index (χ1v) is 12.7. The van der Waals surface area contributed by atoms with Crippen molar-refractivity contribution in [1.82, 2.24) is 0 Å². The normalized spacial score (nSPS) is 10.3. The average molecular weight is 550 g/mol. The molecule has 0 fully saturated rings. The van der Waals surface area contributed by atoms with Gasteiger partial charge in [0.15, 0.2) is 0 Å². The van der Waals surface area contributed by atoms with Crippen LogP contribution >= 0.6 is 23.2 Å². The van der Waals surface area contributed by atoms with E-state index < -0.39 is 0 Å². The number of nitriles is 1. The van der Waals surface area contributed by atoms with Crippen LogP contribution in [0.15, 0.2) is 60.7 Å². The molecule has 0 aliphatic heterocycles. The Morgan fingerprint density at radius 2 is 1.29 bits per heavy atom. The van der Waals surface area contributed by atoms with Gasteiger partial charge in [0.2, 0.25) is 0 Å². The maximum absolute atomic E-state index is 11.6. The molecule has 0 unspecified atom stereocenters. The van der Waals surface area contributed by atoms with E-state index in [1.165, 1.54) is 0 Å². The van der Waals surface area contributed by atoms with E-state index in [2.05, 4.69) is 6.07 Å². The van der Waals surface area contributed by atoms with Gasteiger partial charge in [0.25, 0.3) is 0 Å². The summed E-state index contributed by atoms with van der Waals surface area (Å²) in [4.78, 5) is 34.0. The molecule has 0 aliphatic rings. The summed E-state index contributed by atoms with van der Waals surface area (Å²) in [6, 6.07) is 19.8.